The molecule has 0 bridgehead atoms. The van der Waals surface area contributed by atoms with Gasteiger partial charge in [0.05, 0.1) is 0 Å². The van der Waals surface area contributed by atoms with Gasteiger partial charge in [0.15, 0.2) is 0 Å². The Morgan fingerprint density at radius 2 is 1.08 bits per heavy atom. The van der Waals surface area contributed by atoms with Gasteiger partial charge in [0.2, 0.25) is 11.7 Å². The average Bonchev–Trinajstić information content (AvgIpc) is 2.64. The van der Waals surface area contributed by atoms with Gasteiger partial charge >= 0.3 is 0 Å². The number of likely N-dealkylation sites (N-methyl/N-ethyl adjacent to an activating group) is 1. The molecule has 0 unspecified atom stereocenters. The molecule has 26 heavy (non-hydrogen) atoms. The zero-order valence-corrected chi connectivity index (χ0v) is 17.5. The lowest BCUT2D eigenvalue weighted by atomic mass is 10.1. The predicted molar refractivity (Wildman–Crippen MR) is 107 cm³/mol. The third-order valence-electron chi connectivity index (χ3n) is 4.77. The van der Waals surface area contributed by atoms with Crippen LogP contribution < -0.4 is 0 Å². The van der Waals surface area contributed by atoms with E-state index in [1.165, 1.54) is 43.4 Å². The van der Waals surface area contributed by atoms with E-state index < -0.39 is 11.7 Å². The summed E-state index contributed by atoms with van der Waals surface area (Å²) in [4.78, 5) is 39.3. The van der Waals surface area contributed by atoms with Crippen molar-refractivity contribution in [2.45, 2.75) is 90.9 Å². The van der Waals surface area contributed by atoms with E-state index >= 15 is 0 Å². The number of hydrogen-bond acceptors (Lipinski definition) is 3. The average molecular weight is 369 g/mol. The third-order valence-corrected chi connectivity index (χ3v) is 4.77. The van der Waals surface area contributed by atoms with Crippen LogP contribution in [0.5, 0.6) is 0 Å². The van der Waals surface area contributed by atoms with Gasteiger partial charge in [-0.2, -0.15) is 0 Å². The number of Topliss-reactive ketones (excluding diaryl/α,β-unsaturated/α-hetero) is 1. The molecule has 0 radical (unpaired) electrons. The molecule has 0 spiro atoms. The molecule has 0 fully saturated rings. The van der Waals surface area contributed by atoms with Gasteiger partial charge in [-0.3, -0.25) is 14.4 Å². The van der Waals surface area contributed by atoms with E-state index in [1.807, 2.05) is 0 Å². The summed E-state index contributed by atoms with van der Waals surface area (Å²) in [5.41, 5.74) is 0. The molecule has 0 atom stereocenters. The van der Waals surface area contributed by atoms with Crippen molar-refractivity contribution >= 4 is 17.6 Å². The molecule has 0 aromatic carbocycles. The van der Waals surface area contributed by atoms with E-state index in [2.05, 4.69) is 13.8 Å². The van der Waals surface area contributed by atoms with Gasteiger partial charge in [-0.1, -0.05) is 65.2 Å². The van der Waals surface area contributed by atoms with Gasteiger partial charge in [-0.15, -0.1) is 0 Å². The standard InChI is InChI=1S/C21H40N2O3/c1-5-7-9-11-13-17-22(3)20(25)16-15-19(24)21(26)23(4)18-14-12-10-8-6-2/h5-18H2,1-4H3. The molecule has 0 saturated heterocycles. The summed E-state index contributed by atoms with van der Waals surface area (Å²) in [6.07, 6.45) is 11.5. The normalized spacial score (nSPS) is 10.6. The molecule has 5 heteroatoms. The van der Waals surface area contributed by atoms with Gasteiger partial charge in [0.25, 0.3) is 5.91 Å². The number of nitrogens with zero attached hydrogens (tertiary/aromatic N) is 2. The van der Waals surface area contributed by atoms with Gasteiger partial charge in [0.1, 0.15) is 0 Å². The van der Waals surface area contributed by atoms with E-state index in [0.717, 1.165) is 32.2 Å². The summed E-state index contributed by atoms with van der Waals surface area (Å²) < 4.78 is 0. The minimum absolute atomic E-state index is 0.0119. The van der Waals surface area contributed by atoms with Gasteiger partial charge in [-0.25, -0.2) is 0 Å². The molecule has 0 aromatic rings. The second kappa shape index (κ2) is 15.8. The number of unbranched alkanes of at least 4 members (excludes halogenated alkanes) is 8. The second-order valence-electron chi connectivity index (χ2n) is 7.29. The van der Waals surface area contributed by atoms with E-state index in [0.29, 0.717) is 6.54 Å². The molecule has 0 saturated carbocycles. The Morgan fingerprint density at radius 1 is 0.615 bits per heavy atom. The fourth-order valence-corrected chi connectivity index (χ4v) is 2.86. The molecule has 152 valence electrons. The molecule has 0 rings (SSSR count). The second-order valence-corrected chi connectivity index (χ2v) is 7.29. The zero-order chi connectivity index (χ0) is 19.8. The highest BCUT2D eigenvalue weighted by Crippen LogP contribution is 2.06. The summed E-state index contributed by atoms with van der Waals surface area (Å²) >= 11 is 0. The highest BCUT2D eigenvalue weighted by atomic mass is 16.2. The van der Waals surface area contributed by atoms with Gasteiger partial charge in [-0.05, 0) is 12.8 Å². The Morgan fingerprint density at radius 3 is 1.58 bits per heavy atom. The summed E-state index contributed by atoms with van der Waals surface area (Å²) in [5, 5.41) is 0. The Kier molecular flexibility index (Phi) is 15.0. The van der Waals surface area contributed by atoms with Crippen LogP contribution in [0, 0.1) is 0 Å². The summed E-state index contributed by atoms with van der Waals surface area (Å²) in [7, 11) is 3.45. The van der Waals surface area contributed by atoms with Crippen molar-refractivity contribution in [3.63, 3.8) is 0 Å². The molecule has 0 aliphatic heterocycles. The first-order valence-electron chi connectivity index (χ1n) is 10.5. The smallest absolute Gasteiger partial charge is 0.289 e. The van der Waals surface area contributed by atoms with Crippen LogP contribution >= 0.6 is 0 Å². The van der Waals surface area contributed by atoms with Crippen LogP contribution in [-0.2, 0) is 14.4 Å². The van der Waals surface area contributed by atoms with E-state index in [-0.39, 0.29) is 18.7 Å². The van der Waals surface area contributed by atoms with Gasteiger partial charge < -0.3 is 9.80 Å². The van der Waals surface area contributed by atoms with Crippen LogP contribution in [0.15, 0.2) is 0 Å². The number of rotatable bonds is 16. The molecule has 0 aliphatic rings. The Labute approximate surface area is 160 Å². The van der Waals surface area contributed by atoms with Crippen molar-refractivity contribution in [2.75, 3.05) is 27.2 Å². The first-order valence-corrected chi connectivity index (χ1v) is 10.5. The summed E-state index contributed by atoms with van der Waals surface area (Å²) in [6, 6.07) is 0. The Bertz CT molecular complexity index is 410. The quantitative estimate of drug-likeness (QED) is 0.303. The first kappa shape index (κ1) is 24.6. The minimum atomic E-state index is -0.462. The van der Waals surface area contributed by atoms with Crippen LogP contribution in [0.3, 0.4) is 0 Å². The molecule has 2 amide bonds. The van der Waals surface area contributed by atoms with Crippen molar-refractivity contribution < 1.29 is 14.4 Å². The third kappa shape index (κ3) is 12.0. The molecule has 0 aliphatic carbocycles. The van der Waals surface area contributed by atoms with Crippen molar-refractivity contribution in [3.8, 4) is 0 Å². The highest BCUT2D eigenvalue weighted by Gasteiger charge is 2.20. The number of carbonyl (C=O) groups is 3. The monoisotopic (exact) mass is 368 g/mol. The maximum Gasteiger partial charge on any atom is 0.289 e. The van der Waals surface area contributed by atoms with E-state index in [4.69, 9.17) is 0 Å². The Hall–Kier alpha value is -1.39. The first-order chi connectivity index (χ1) is 12.4. The summed E-state index contributed by atoms with van der Waals surface area (Å²) in [6.45, 7) is 5.68. The molecule has 0 N–H and O–H groups in total. The lowest BCUT2D eigenvalue weighted by molar-refractivity contribution is -0.144. The number of ketones is 1. The highest BCUT2D eigenvalue weighted by molar-refractivity contribution is 6.36. The topological polar surface area (TPSA) is 57.7 Å². The number of carbonyl (C=O) groups excluding carboxylic acids is 3. The van der Waals surface area contributed by atoms with E-state index in [9.17, 15) is 14.4 Å². The van der Waals surface area contributed by atoms with Crippen LogP contribution in [0.4, 0.5) is 0 Å². The SMILES string of the molecule is CCCCCCCN(C)C(=O)CCC(=O)C(=O)N(C)CCCCCCC. The minimum Gasteiger partial charge on any atom is -0.346 e. The molecular weight excluding hydrogens is 328 g/mol. The maximum atomic E-state index is 12.1. The summed E-state index contributed by atoms with van der Waals surface area (Å²) in [5.74, 6) is -0.967. The van der Waals surface area contributed by atoms with Crippen molar-refractivity contribution in [3.05, 3.63) is 0 Å². The van der Waals surface area contributed by atoms with Crippen molar-refractivity contribution in [2.24, 2.45) is 0 Å². The lowest BCUT2D eigenvalue weighted by Gasteiger charge is -2.18. The van der Waals surface area contributed by atoms with Crippen LogP contribution in [0.1, 0.15) is 90.9 Å². The maximum absolute atomic E-state index is 12.1. The lowest BCUT2D eigenvalue weighted by Crippen LogP contribution is -2.35. The Balaban J connectivity index is 3.95. The zero-order valence-electron chi connectivity index (χ0n) is 17.5. The molecular formula is C21H40N2O3. The molecule has 0 aromatic heterocycles. The van der Waals surface area contributed by atoms with Crippen LogP contribution in [0.2, 0.25) is 0 Å². The largest absolute Gasteiger partial charge is 0.346 e. The number of hydrogen-bond donors (Lipinski definition) is 0. The predicted octanol–water partition coefficient (Wildman–Crippen LogP) is 4.19. The van der Waals surface area contributed by atoms with E-state index in [1.54, 1.807) is 19.0 Å². The van der Waals surface area contributed by atoms with Crippen molar-refractivity contribution in [1.82, 2.24) is 9.80 Å². The number of amides is 2. The van der Waals surface area contributed by atoms with Crippen LogP contribution in [0.25, 0.3) is 0 Å². The fourth-order valence-electron chi connectivity index (χ4n) is 2.86. The van der Waals surface area contributed by atoms with Crippen LogP contribution in [-0.4, -0.2) is 54.6 Å². The fraction of sp³-hybridized carbons (Fsp3) is 0.857. The molecule has 5 nitrogen and oxygen atoms in total. The van der Waals surface area contributed by atoms with Crippen molar-refractivity contribution in [1.29, 1.82) is 0 Å². The molecule has 0 heterocycles. The van der Waals surface area contributed by atoms with Gasteiger partial charge in [0, 0.05) is 40.0 Å².